The molecule has 38 heavy (non-hydrogen) atoms. The zero-order chi connectivity index (χ0) is 26.3. The first kappa shape index (κ1) is 27.5. The van der Waals surface area contributed by atoms with Crippen molar-refractivity contribution >= 4 is 41.2 Å². The largest absolute Gasteiger partial charge is 0.573 e. The predicted molar refractivity (Wildman–Crippen MR) is 138 cm³/mol. The number of pyridine rings is 1. The molecule has 4 aromatic rings. The molecule has 1 N–H and O–H groups in total. The summed E-state index contributed by atoms with van der Waals surface area (Å²) in [6.07, 6.45) is -2.60. The minimum absolute atomic E-state index is 0. The topological polar surface area (TPSA) is 58.9 Å². The van der Waals surface area contributed by atoms with Crippen molar-refractivity contribution in [2.45, 2.75) is 32.8 Å². The molecule has 200 valence electrons. The van der Waals surface area contributed by atoms with E-state index in [0.717, 1.165) is 5.56 Å². The molecule has 0 fully saturated rings. The van der Waals surface area contributed by atoms with Crippen LogP contribution in [0.4, 0.5) is 23.2 Å². The highest BCUT2D eigenvalue weighted by atomic mass is 35.5. The Labute approximate surface area is 226 Å². The second kappa shape index (κ2) is 10.7. The monoisotopic (exact) mass is 568 g/mol. The zero-order valence-corrected chi connectivity index (χ0v) is 21.6. The van der Waals surface area contributed by atoms with E-state index in [1.807, 2.05) is 11.0 Å². The fourth-order valence-corrected chi connectivity index (χ4v) is 4.70. The number of benzene rings is 2. The van der Waals surface area contributed by atoms with Gasteiger partial charge in [0.1, 0.15) is 22.9 Å². The van der Waals surface area contributed by atoms with Gasteiger partial charge < -0.3 is 15.0 Å². The van der Waals surface area contributed by atoms with Gasteiger partial charge in [-0.2, -0.15) is 0 Å². The maximum atomic E-state index is 15.1. The van der Waals surface area contributed by atoms with Gasteiger partial charge in [0.2, 0.25) is 0 Å². The van der Waals surface area contributed by atoms with Crippen molar-refractivity contribution in [2.24, 2.45) is 0 Å². The Hall–Kier alpha value is -3.50. The van der Waals surface area contributed by atoms with Crippen LogP contribution in [0.25, 0.3) is 5.65 Å². The Balaban J connectivity index is 0.00000336. The van der Waals surface area contributed by atoms with E-state index in [2.05, 4.69) is 15.0 Å². The summed E-state index contributed by atoms with van der Waals surface area (Å²) < 4.78 is 57.8. The standard InChI is InChI=1S/C26H21ClF4N4O2.ClH/c1-15-24(35-13-18(27)2-7-23(35)33-15)25(36)32-12-16-10-17-8-9-34(14-21(17)22(28)11-16)19-3-5-20(6-4-19)37-26(29,30)31;/h2-7,10-11,13H,8-9,12,14H2,1H3,(H,32,36);1H. The Morgan fingerprint density at radius 1 is 1.16 bits per heavy atom. The molecule has 5 rings (SSSR count). The van der Waals surface area contributed by atoms with E-state index in [9.17, 15) is 18.0 Å². The Morgan fingerprint density at radius 2 is 1.89 bits per heavy atom. The van der Waals surface area contributed by atoms with Gasteiger partial charge in [-0.3, -0.25) is 9.20 Å². The van der Waals surface area contributed by atoms with Gasteiger partial charge in [-0.15, -0.1) is 25.6 Å². The molecule has 0 bridgehead atoms. The average Bonchev–Trinajstić information content (AvgIpc) is 3.17. The third-order valence-electron chi connectivity index (χ3n) is 6.21. The molecule has 0 unspecified atom stereocenters. The fraction of sp³-hybridized carbons (Fsp3) is 0.231. The summed E-state index contributed by atoms with van der Waals surface area (Å²) >= 11 is 6.07. The van der Waals surface area contributed by atoms with Crippen molar-refractivity contribution in [1.82, 2.24) is 14.7 Å². The highest BCUT2D eigenvalue weighted by Crippen LogP contribution is 2.30. The van der Waals surface area contributed by atoms with Gasteiger partial charge in [-0.05, 0) is 66.9 Å². The number of halogens is 6. The smallest absolute Gasteiger partial charge is 0.406 e. The number of rotatable bonds is 5. The SMILES string of the molecule is Cc1nc2ccc(Cl)cn2c1C(=O)NCc1cc(F)c2c(c1)CCN(c1ccc(OC(F)(F)F)cc1)C2.Cl. The lowest BCUT2D eigenvalue weighted by Gasteiger charge is -2.31. The van der Waals surface area contributed by atoms with Crippen LogP contribution < -0.4 is 15.0 Å². The average molecular weight is 569 g/mol. The molecule has 0 atom stereocenters. The summed E-state index contributed by atoms with van der Waals surface area (Å²) in [5, 5.41) is 3.30. The molecular formula is C26H22Cl2F4N4O2. The summed E-state index contributed by atoms with van der Waals surface area (Å²) in [6.45, 7) is 2.69. The van der Waals surface area contributed by atoms with E-state index in [4.69, 9.17) is 11.6 Å². The lowest BCUT2D eigenvalue weighted by Crippen LogP contribution is -2.31. The molecule has 1 aliphatic rings. The minimum Gasteiger partial charge on any atom is -0.406 e. The van der Waals surface area contributed by atoms with Crippen LogP contribution in [0.5, 0.6) is 5.75 Å². The van der Waals surface area contributed by atoms with Crippen molar-refractivity contribution in [3.05, 3.63) is 93.6 Å². The van der Waals surface area contributed by atoms with E-state index >= 15 is 4.39 Å². The number of anilines is 1. The van der Waals surface area contributed by atoms with Gasteiger partial charge in [0.05, 0.1) is 10.7 Å². The van der Waals surface area contributed by atoms with E-state index in [1.54, 1.807) is 29.7 Å². The quantitative estimate of drug-likeness (QED) is 0.289. The van der Waals surface area contributed by atoms with Crippen LogP contribution in [0, 0.1) is 12.7 Å². The van der Waals surface area contributed by atoms with Crippen LogP contribution in [0.3, 0.4) is 0 Å². The van der Waals surface area contributed by atoms with Gasteiger partial charge in [0.15, 0.2) is 0 Å². The number of ether oxygens (including phenoxy) is 1. The number of aromatic nitrogens is 2. The maximum absolute atomic E-state index is 15.1. The molecule has 6 nitrogen and oxygen atoms in total. The number of imidazole rings is 1. The Kier molecular flexibility index (Phi) is 7.75. The molecule has 2 aromatic heterocycles. The normalized spacial score (nSPS) is 13.2. The summed E-state index contributed by atoms with van der Waals surface area (Å²) in [4.78, 5) is 19.2. The minimum atomic E-state index is -4.76. The number of carbonyl (C=O) groups excluding carboxylic acids is 1. The molecule has 3 heterocycles. The number of amides is 1. The fourth-order valence-electron chi connectivity index (χ4n) is 4.54. The molecule has 0 aliphatic carbocycles. The van der Waals surface area contributed by atoms with Crippen LogP contribution in [0.1, 0.15) is 32.9 Å². The Morgan fingerprint density at radius 3 is 2.61 bits per heavy atom. The number of aryl methyl sites for hydroxylation is 1. The van der Waals surface area contributed by atoms with E-state index in [0.29, 0.717) is 51.8 Å². The van der Waals surface area contributed by atoms with Crippen molar-refractivity contribution in [3.8, 4) is 5.75 Å². The highest BCUT2D eigenvalue weighted by molar-refractivity contribution is 6.30. The summed E-state index contributed by atoms with van der Waals surface area (Å²) in [5.41, 5.74) is 4.14. The third-order valence-corrected chi connectivity index (χ3v) is 6.43. The van der Waals surface area contributed by atoms with Gasteiger partial charge in [-0.1, -0.05) is 17.7 Å². The molecule has 12 heteroatoms. The van der Waals surface area contributed by atoms with Crippen LogP contribution >= 0.6 is 24.0 Å². The van der Waals surface area contributed by atoms with Gasteiger partial charge in [-0.25, -0.2) is 9.37 Å². The van der Waals surface area contributed by atoms with Gasteiger partial charge >= 0.3 is 6.36 Å². The van der Waals surface area contributed by atoms with Gasteiger partial charge in [0, 0.05) is 37.1 Å². The second-order valence-electron chi connectivity index (χ2n) is 8.73. The van der Waals surface area contributed by atoms with Crippen LogP contribution in [-0.4, -0.2) is 28.2 Å². The lowest BCUT2D eigenvalue weighted by atomic mass is 9.96. The predicted octanol–water partition coefficient (Wildman–Crippen LogP) is 6.25. The first-order chi connectivity index (χ1) is 17.6. The number of hydrogen-bond donors (Lipinski definition) is 1. The second-order valence-corrected chi connectivity index (χ2v) is 9.17. The van der Waals surface area contributed by atoms with E-state index in [-0.39, 0.29) is 37.2 Å². The molecule has 1 amide bonds. The molecule has 2 aromatic carbocycles. The molecule has 0 saturated carbocycles. The van der Waals surface area contributed by atoms with Crippen molar-refractivity contribution in [1.29, 1.82) is 0 Å². The van der Waals surface area contributed by atoms with Crippen LogP contribution in [-0.2, 0) is 19.5 Å². The van der Waals surface area contributed by atoms with E-state index < -0.39 is 12.2 Å². The number of fused-ring (bicyclic) bond motifs is 2. The van der Waals surface area contributed by atoms with Crippen molar-refractivity contribution < 1.29 is 27.1 Å². The summed E-state index contributed by atoms with van der Waals surface area (Å²) in [5.74, 6) is -1.07. The zero-order valence-electron chi connectivity index (χ0n) is 20.0. The first-order valence-electron chi connectivity index (χ1n) is 11.4. The third kappa shape index (κ3) is 5.81. The molecule has 0 spiro atoms. The maximum Gasteiger partial charge on any atom is 0.573 e. The number of carbonyl (C=O) groups is 1. The number of nitrogens with one attached hydrogen (secondary N) is 1. The highest BCUT2D eigenvalue weighted by Gasteiger charge is 2.31. The molecule has 1 aliphatic heterocycles. The first-order valence-corrected chi connectivity index (χ1v) is 11.8. The van der Waals surface area contributed by atoms with Crippen molar-refractivity contribution in [3.63, 3.8) is 0 Å². The summed E-state index contributed by atoms with van der Waals surface area (Å²) in [6, 6.07) is 12.2. The Bertz CT molecular complexity index is 1490. The van der Waals surface area contributed by atoms with Crippen LogP contribution in [0.2, 0.25) is 5.02 Å². The van der Waals surface area contributed by atoms with E-state index in [1.165, 1.54) is 30.3 Å². The van der Waals surface area contributed by atoms with Gasteiger partial charge in [0.25, 0.3) is 5.91 Å². The molecule has 0 radical (unpaired) electrons. The number of nitrogens with zero attached hydrogens (tertiary/aromatic N) is 3. The van der Waals surface area contributed by atoms with Crippen molar-refractivity contribution in [2.75, 3.05) is 11.4 Å². The summed E-state index contributed by atoms with van der Waals surface area (Å²) in [7, 11) is 0. The lowest BCUT2D eigenvalue weighted by molar-refractivity contribution is -0.274. The number of hydrogen-bond acceptors (Lipinski definition) is 4. The number of alkyl halides is 3. The van der Waals surface area contributed by atoms with Crippen LogP contribution in [0.15, 0.2) is 54.7 Å². The molecule has 0 saturated heterocycles. The molecular weight excluding hydrogens is 547 g/mol.